The molecule has 0 aromatic carbocycles. The number of nitrogens with zero attached hydrogens (tertiary/aromatic N) is 4. The van der Waals surface area contributed by atoms with Crippen molar-refractivity contribution in [3.63, 3.8) is 0 Å². The van der Waals surface area contributed by atoms with Crippen LogP contribution >= 0.6 is 0 Å². The number of hydrogen-bond acceptors (Lipinski definition) is 3. The van der Waals surface area contributed by atoms with Crippen LogP contribution in [0.4, 0.5) is 0 Å². The molecule has 2 aromatic rings. The lowest BCUT2D eigenvalue weighted by atomic mass is 10.0. The first-order valence-electron chi connectivity index (χ1n) is 5.22. The van der Waals surface area contributed by atoms with Crippen molar-refractivity contribution < 1.29 is 0 Å². The molecule has 0 aliphatic rings. The van der Waals surface area contributed by atoms with Gasteiger partial charge >= 0.3 is 0 Å². The molecule has 2 heterocycles. The van der Waals surface area contributed by atoms with Gasteiger partial charge in [-0.15, -0.1) is 0 Å². The molecule has 0 aliphatic carbocycles. The van der Waals surface area contributed by atoms with Crippen LogP contribution in [-0.4, -0.2) is 19.3 Å². The van der Waals surface area contributed by atoms with Crippen LogP contribution < -0.4 is 5.73 Å². The summed E-state index contributed by atoms with van der Waals surface area (Å²) in [7, 11) is 1.90. The number of nitrogens with two attached hydrogens (primary N) is 1. The van der Waals surface area contributed by atoms with Gasteiger partial charge in [-0.2, -0.15) is 5.10 Å². The molecule has 0 fully saturated rings. The van der Waals surface area contributed by atoms with E-state index < -0.39 is 5.54 Å². The Morgan fingerprint density at radius 2 is 2.06 bits per heavy atom. The Morgan fingerprint density at radius 1 is 1.38 bits per heavy atom. The molecular formula is C11H17N5. The molecule has 0 amide bonds. The number of aromatic nitrogens is 4. The van der Waals surface area contributed by atoms with Gasteiger partial charge < -0.3 is 5.73 Å². The molecule has 0 aliphatic heterocycles. The lowest BCUT2D eigenvalue weighted by molar-refractivity contribution is 0.524. The molecule has 0 atom stereocenters. The van der Waals surface area contributed by atoms with Gasteiger partial charge in [-0.1, -0.05) is 0 Å². The molecule has 2 rings (SSSR count). The first-order valence-corrected chi connectivity index (χ1v) is 5.22. The van der Waals surface area contributed by atoms with Crippen LogP contribution in [0.3, 0.4) is 0 Å². The molecule has 0 radical (unpaired) electrons. The average molecular weight is 219 g/mol. The Balaban J connectivity index is 2.57. The highest BCUT2D eigenvalue weighted by atomic mass is 15.3. The molecule has 0 bridgehead atoms. The van der Waals surface area contributed by atoms with E-state index >= 15 is 0 Å². The summed E-state index contributed by atoms with van der Waals surface area (Å²) in [6, 6.07) is 0. The van der Waals surface area contributed by atoms with Crippen LogP contribution in [0.5, 0.6) is 0 Å². The second-order valence-corrected chi connectivity index (χ2v) is 4.64. The molecule has 0 saturated heterocycles. The van der Waals surface area contributed by atoms with Crippen molar-refractivity contribution in [2.75, 3.05) is 0 Å². The Kier molecular flexibility index (Phi) is 2.35. The standard InChI is InChI=1S/C11H17N5/c1-8-9(6-15(4)14-8)16-7-13-5-10(16)11(2,3)12/h5-7H,12H2,1-4H3. The summed E-state index contributed by atoms with van der Waals surface area (Å²) in [4.78, 5) is 4.16. The molecular weight excluding hydrogens is 202 g/mol. The van der Waals surface area contributed by atoms with Crippen LogP contribution in [0.2, 0.25) is 0 Å². The zero-order valence-electron chi connectivity index (χ0n) is 10.1. The van der Waals surface area contributed by atoms with E-state index in [2.05, 4.69) is 10.1 Å². The fourth-order valence-corrected chi connectivity index (χ4v) is 1.79. The van der Waals surface area contributed by atoms with E-state index in [4.69, 9.17) is 5.73 Å². The van der Waals surface area contributed by atoms with Gasteiger partial charge in [0.15, 0.2) is 0 Å². The SMILES string of the molecule is Cc1nn(C)cc1-n1cncc1C(C)(C)N. The summed E-state index contributed by atoms with van der Waals surface area (Å²) in [5, 5.41) is 4.32. The van der Waals surface area contributed by atoms with E-state index in [9.17, 15) is 0 Å². The van der Waals surface area contributed by atoms with E-state index in [1.807, 2.05) is 38.6 Å². The Labute approximate surface area is 94.9 Å². The average Bonchev–Trinajstić information content (AvgIpc) is 2.69. The van der Waals surface area contributed by atoms with E-state index in [0.29, 0.717) is 0 Å². The van der Waals surface area contributed by atoms with Gasteiger partial charge in [0.05, 0.1) is 35.1 Å². The molecule has 0 spiro atoms. The minimum Gasteiger partial charge on any atom is -0.321 e. The van der Waals surface area contributed by atoms with Crippen molar-refractivity contribution >= 4 is 0 Å². The van der Waals surface area contributed by atoms with Crippen molar-refractivity contribution in [1.82, 2.24) is 19.3 Å². The third-order valence-corrected chi connectivity index (χ3v) is 2.55. The predicted molar refractivity (Wildman–Crippen MR) is 62.3 cm³/mol. The minimum absolute atomic E-state index is 0.418. The third kappa shape index (κ3) is 1.74. The summed E-state index contributed by atoms with van der Waals surface area (Å²) in [6.45, 7) is 5.90. The Morgan fingerprint density at radius 3 is 2.56 bits per heavy atom. The molecule has 86 valence electrons. The van der Waals surface area contributed by atoms with Gasteiger partial charge in [-0.25, -0.2) is 4.98 Å². The monoisotopic (exact) mass is 219 g/mol. The fraction of sp³-hybridized carbons (Fsp3) is 0.455. The normalized spacial score (nSPS) is 12.1. The summed E-state index contributed by atoms with van der Waals surface area (Å²) in [5.41, 5.74) is 8.65. The summed E-state index contributed by atoms with van der Waals surface area (Å²) in [5.74, 6) is 0. The topological polar surface area (TPSA) is 61.7 Å². The summed E-state index contributed by atoms with van der Waals surface area (Å²) >= 11 is 0. The first kappa shape index (κ1) is 10.9. The highest BCUT2D eigenvalue weighted by Gasteiger charge is 2.21. The molecule has 2 N–H and O–H groups in total. The highest BCUT2D eigenvalue weighted by Crippen LogP contribution is 2.21. The highest BCUT2D eigenvalue weighted by molar-refractivity contribution is 5.37. The zero-order chi connectivity index (χ0) is 11.9. The number of rotatable bonds is 2. The van der Waals surface area contributed by atoms with Crippen molar-refractivity contribution in [2.45, 2.75) is 26.3 Å². The summed E-state index contributed by atoms with van der Waals surface area (Å²) < 4.78 is 3.78. The largest absolute Gasteiger partial charge is 0.321 e. The van der Waals surface area contributed by atoms with Gasteiger partial charge in [0.2, 0.25) is 0 Å². The van der Waals surface area contributed by atoms with E-state index in [0.717, 1.165) is 17.1 Å². The molecule has 0 unspecified atom stereocenters. The minimum atomic E-state index is -0.418. The lowest BCUT2D eigenvalue weighted by Crippen LogP contribution is -2.31. The van der Waals surface area contributed by atoms with Crippen molar-refractivity contribution in [3.05, 3.63) is 30.1 Å². The van der Waals surface area contributed by atoms with E-state index in [-0.39, 0.29) is 0 Å². The maximum atomic E-state index is 6.11. The van der Waals surface area contributed by atoms with Crippen LogP contribution in [0.1, 0.15) is 25.2 Å². The van der Waals surface area contributed by atoms with Gasteiger partial charge in [-0.05, 0) is 20.8 Å². The Hall–Kier alpha value is -1.62. The fourth-order valence-electron chi connectivity index (χ4n) is 1.79. The summed E-state index contributed by atoms with van der Waals surface area (Å²) in [6.07, 6.45) is 5.53. The van der Waals surface area contributed by atoms with Crippen molar-refractivity contribution in [3.8, 4) is 5.69 Å². The predicted octanol–water partition coefficient (Wildman–Crippen LogP) is 1.11. The van der Waals surface area contributed by atoms with Crippen LogP contribution in [0.25, 0.3) is 5.69 Å². The zero-order valence-corrected chi connectivity index (χ0v) is 10.1. The molecule has 5 heteroatoms. The molecule has 2 aromatic heterocycles. The van der Waals surface area contributed by atoms with Gasteiger partial charge in [0.25, 0.3) is 0 Å². The second-order valence-electron chi connectivity index (χ2n) is 4.64. The number of imidazole rings is 1. The van der Waals surface area contributed by atoms with Crippen molar-refractivity contribution in [2.24, 2.45) is 12.8 Å². The van der Waals surface area contributed by atoms with Crippen LogP contribution in [-0.2, 0) is 12.6 Å². The van der Waals surface area contributed by atoms with Crippen LogP contribution in [0, 0.1) is 6.92 Å². The van der Waals surface area contributed by atoms with Crippen LogP contribution in [0.15, 0.2) is 18.7 Å². The maximum Gasteiger partial charge on any atom is 0.0995 e. The smallest absolute Gasteiger partial charge is 0.0995 e. The Bertz CT molecular complexity index is 501. The maximum absolute atomic E-state index is 6.11. The quantitative estimate of drug-likeness (QED) is 0.823. The van der Waals surface area contributed by atoms with Gasteiger partial charge in [-0.3, -0.25) is 9.25 Å². The van der Waals surface area contributed by atoms with Gasteiger partial charge in [0, 0.05) is 13.2 Å². The second kappa shape index (κ2) is 3.45. The molecule has 0 saturated carbocycles. The first-order chi connectivity index (χ1) is 7.39. The molecule has 16 heavy (non-hydrogen) atoms. The third-order valence-electron chi connectivity index (χ3n) is 2.55. The van der Waals surface area contributed by atoms with E-state index in [1.54, 1.807) is 17.2 Å². The number of hydrogen-bond donors (Lipinski definition) is 1. The lowest BCUT2D eigenvalue weighted by Gasteiger charge is -2.20. The number of aryl methyl sites for hydroxylation is 2. The van der Waals surface area contributed by atoms with E-state index in [1.165, 1.54) is 0 Å². The molecule has 5 nitrogen and oxygen atoms in total. The van der Waals surface area contributed by atoms with Gasteiger partial charge in [0.1, 0.15) is 0 Å². The van der Waals surface area contributed by atoms with Crippen molar-refractivity contribution in [1.29, 1.82) is 0 Å².